The smallest absolute Gasteiger partial charge is 0.0603 e. The van der Waals surface area contributed by atoms with Crippen LogP contribution in [0.1, 0.15) is 51.0 Å². The molecule has 1 aromatic rings. The summed E-state index contributed by atoms with van der Waals surface area (Å²) in [5, 5.41) is 0. The van der Waals surface area contributed by atoms with Gasteiger partial charge < -0.3 is 10.5 Å². The van der Waals surface area contributed by atoms with E-state index in [1.165, 1.54) is 44.1 Å². The van der Waals surface area contributed by atoms with E-state index in [1.54, 1.807) is 0 Å². The summed E-state index contributed by atoms with van der Waals surface area (Å²) in [5.41, 5.74) is 8.04. The standard InChI is InChI=1S/C19H30N2O.ClH/c1-15-5-7-18(8-6-15)22-19-9-11-21(12-10-19)14-16-3-2-4-17(20)13-16;/h2-4,13,15,18-19H,5-12,14,20H2,1H3;1H. The molecule has 2 fully saturated rings. The second-order valence-corrected chi connectivity index (χ2v) is 7.24. The number of anilines is 1. The lowest BCUT2D eigenvalue weighted by molar-refractivity contribution is -0.0608. The highest BCUT2D eigenvalue weighted by Gasteiger charge is 2.25. The van der Waals surface area contributed by atoms with Crippen molar-refractivity contribution >= 4 is 18.1 Å². The Labute approximate surface area is 147 Å². The molecule has 1 saturated carbocycles. The first-order chi connectivity index (χ1) is 10.7. The Hall–Kier alpha value is -0.770. The van der Waals surface area contributed by atoms with Gasteiger partial charge in [0.2, 0.25) is 0 Å². The first-order valence-corrected chi connectivity index (χ1v) is 8.91. The summed E-state index contributed by atoms with van der Waals surface area (Å²) in [4.78, 5) is 2.53. The second-order valence-electron chi connectivity index (χ2n) is 7.24. The van der Waals surface area contributed by atoms with Crippen molar-refractivity contribution in [3.05, 3.63) is 29.8 Å². The second kappa shape index (κ2) is 8.91. The van der Waals surface area contributed by atoms with E-state index in [4.69, 9.17) is 10.5 Å². The van der Waals surface area contributed by atoms with Crippen LogP contribution in [-0.4, -0.2) is 30.2 Å². The lowest BCUT2D eigenvalue weighted by Gasteiger charge is -2.35. The molecule has 1 heterocycles. The van der Waals surface area contributed by atoms with Gasteiger partial charge in [-0.05, 0) is 62.1 Å². The monoisotopic (exact) mass is 338 g/mol. The quantitative estimate of drug-likeness (QED) is 0.834. The predicted octanol–water partition coefficient (Wildman–Crippen LogP) is 4.25. The zero-order chi connectivity index (χ0) is 15.4. The van der Waals surface area contributed by atoms with Crippen LogP contribution in [0.2, 0.25) is 0 Å². The van der Waals surface area contributed by atoms with Crippen molar-refractivity contribution in [2.45, 2.75) is 64.2 Å². The van der Waals surface area contributed by atoms with Gasteiger partial charge in [0.05, 0.1) is 12.2 Å². The molecular weight excluding hydrogens is 308 g/mol. The van der Waals surface area contributed by atoms with Crippen LogP contribution < -0.4 is 5.73 Å². The summed E-state index contributed by atoms with van der Waals surface area (Å²) in [6.45, 7) is 5.66. The van der Waals surface area contributed by atoms with Gasteiger partial charge in [0.1, 0.15) is 0 Å². The molecule has 2 aliphatic rings. The topological polar surface area (TPSA) is 38.5 Å². The fourth-order valence-corrected chi connectivity index (χ4v) is 3.79. The number of halogens is 1. The molecule has 1 aliphatic carbocycles. The van der Waals surface area contributed by atoms with Gasteiger partial charge >= 0.3 is 0 Å². The van der Waals surface area contributed by atoms with E-state index in [1.807, 2.05) is 12.1 Å². The fourth-order valence-electron chi connectivity index (χ4n) is 3.79. The first-order valence-electron chi connectivity index (χ1n) is 8.91. The Morgan fingerprint density at radius 2 is 1.70 bits per heavy atom. The van der Waals surface area contributed by atoms with Crippen LogP contribution in [0.25, 0.3) is 0 Å². The summed E-state index contributed by atoms with van der Waals surface area (Å²) in [6.07, 6.45) is 8.59. The van der Waals surface area contributed by atoms with Crippen LogP contribution >= 0.6 is 12.4 Å². The van der Waals surface area contributed by atoms with E-state index in [0.29, 0.717) is 12.2 Å². The number of nitrogen functional groups attached to an aromatic ring is 1. The minimum atomic E-state index is 0. The zero-order valence-corrected chi connectivity index (χ0v) is 15.1. The van der Waals surface area contributed by atoms with Crippen molar-refractivity contribution in [2.75, 3.05) is 18.8 Å². The molecule has 4 heteroatoms. The van der Waals surface area contributed by atoms with Gasteiger partial charge in [-0.2, -0.15) is 0 Å². The number of nitrogens with zero attached hydrogens (tertiary/aromatic N) is 1. The third-order valence-electron chi connectivity index (χ3n) is 5.24. The lowest BCUT2D eigenvalue weighted by atomic mass is 9.88. The zero-order valence-electron chi connectivity index (χ0n) is 14.2. The molecule has 2 N–H and O–H groups in total. The average Bonchev–Trinajstić information content (AvgIpc) is 2.52. The van der Waals surface area contributed by atoms with E-state index in [2.05, 4.69) is 24.0 Å². The summed E-state index contributed by atoms with van der Waals surface area (Å²) >= 11 is 0. The molecule has 23 heavy (non-hydrogen) atoms. The summed E-state index contributed by atoms with van der Waals surface area (Å²) in [5.74, 6) is 0.903. The van der Waals surface area contributed by atoms with Crippen molar-refractivity contribution in [3.8, 4) is 0 Å². The lowest BCUT2D eigenvalue weighted by Crippen LogP contribution is -2.38. The largest absolute Gasteiger partial charge is 0.399 e. The predicted molar refractivity (Wildman–Crippen MR) is 98.9 cm³/mol. The Bertz CT molecular complexity index is 466. The summed E-state index contributed by atoms with van der Waals surface area (Å²) < 4.78 is 6.35. The Morgan fingerprint density at radius 1 is 1.04 bits per heavy atom. The van der Waals surface area contributed by atoms with Crippen molar-refractivity contribution < 1.29 is 4.74 Å². The maximum atomic E-state index is 6.35. The first kappa shape index (κ1) is 18.6. The molecule has 0 amide bonds. The van der Waals surface area contributed by atoms with Crippen molar-refractivity contribution in [3.63, 3.8) is 0 Å². The number of nitrogens with two attached hydrogens (primary N) is 1. The van der Waals surface area contributed by atoms with E-state index in [9.17, 15) is 0 Å². The highest BCUT2D eigenvalue weighted by molar-refractivity contribution is 5.85. The van der Waals surface area contributed by atoms with Crippen LogP contribution in [0.3, 0.4) is 0 Å². The molecule has 1 aliphatic heterocycles. The fraction of sp³-hybridized carbons (Fsp3) is 0.684. The van der Waals surface area contributed by atoms with Crippen molar-refractivity contribution in [1.29, 1.82) is 0 Å². The van der Waals surface area contributed by atoms with Gasteiger partial charge in [-0.15, -0.1) is 12.4 Å². The van der Waals surface area contributed by atoms with Gasteiger partial charge in [-0.25, -0.2) is 0 Å². The molecule has 0 aromatic heterocycles. The van der Waals surface area contributed by atoms with E-state index >= 15 is 0 Å². The molecule has 0 spiro atoms. The van der Waals surface area contributed by atoms with Crippen LogP contribution in [0.4, 0.5) is 5.69 Å². The van der Waals surface area contributed by atoms with Gasteiger partial charge in [-0.3, -0.25) is 4.90 Å². The van der Waals surface area contributed by atoms with E-state index in [-0.39, 0.29) is 12.4 Å². The van der Waals surface area contributed by atoms with Crippen LogP contribution in [-0.2, 0) is 11.3 Å². The number of ether oxygens (including phenoxy) is 1. The minimum absolute atomic E-state index is 0. The van der Waals surface area contributed by atoms with Gasteiger partial charge in [-0.1, -0.05) is 19.1 Å². The number of hydrogen-bond donors (Lipinski definition) is 1. The van der Waals surface area contributed by atoms with Crippen molar-refractivity contribution in [1.82, 2.24) is 4.90 Å². The third kappa shape index (κ3) is 5.66. The Kier molecular flexibility index (Phi) is 7.19. The molecule has 1 aromatic carbocycles. The van der Waals surface area contributed by atoms with E-state index in [0.717, 1.165) is 31.2 Å². The molecule has 0 radical (unpaired) electrons. The molecule has 3 rings (SSSR count). The summed E-state index contributed by atoms with van der Waals surface area (Å²) in [7, 11) is 0. The van der Waals surface area contributed by atoms with Crippen LogP contribution in [0.5, 0.6) is 0 Å². The Morgan fingerprint density at radius 3 is 2.35 bits per heavy atom. The third-order valence-corrected chi connectivity index (χ3v) is 5.24. The number of likely N-dealkylation sites (tertiary alicyclic amines) is 1. The number of benzene rings is 1. The molecule has 130 valence electrons. The minimum Gasteiger partial charge on any atom is -0.399 e. The van der Waals surface area contributed by atoms with Crippen LogP contribution in [0.15, 0.2) is 24.3 Å². The van der Waals surface area contributed by atoms with Crippen molar-refractivity contribution in [2.24, 2.45) is 5.92 Å². The normalized spacial score (nSPS) is 26.7. The molecule has 0 unspecified atom stereocenters. The maximum Gasteiger partial charge on any atom is 0.0603 e. The SMILES string of the molecule is CC1CCC(OC2CCN(Cc3cccc(N)c3)CC2)CC1.Cl. The molecule has 0 atom stereocenters. The number of hydrogen-bond acceptors (Lipinski definition) is 3. The number of rotatable bonds is 4. The van der Waals surface area contributed by atoms with Gasteiger partial charge in [0.15, 0.2) is 0 Å². The highest BCUT2D eigenvalue weighted by atomic mass is 35.5. The summed E-state index contributed by atoms with van der Waals surface area (Å²) in [6, 6.07) is 8.26. The Balaban J connectivity index is 0.00000192. The molecule has 3 nitrogen and oxygen atoms in total. The average molecular weight is 339 g/mol. The highest BCUT2D eigenvalue weighted by Crippen LogP contribution is 2.28. The molecule has 1 saturated heterocycles. The molecule has 0 bridgehead atoms. The van der Waals surface area contributed by atoms with Gasteiger partial charge in [0, 0.05) is 25.3 Å². The van der Waals surface area contributed by atoms with Gasteiger partial charge in [0.25, 0.3) is 0 Å². The van der Waals surface area contributed by atoms with Crippen LogP contribution in [0, 0.1) is 5.92 Å². The molecular formula is C19H31ClN2O. The van der Waals surface area contributed by atoms with E-state index < -0.39 is 0 Å². The maximum absolute atomic E-state index is 6.35. The number of piperidine rings is 1.